The Balaban J connectivity index is 1.95. The van der Waals surface area contributed by atoms with Gasteiger partial charge < -0.3 is 10.2 Å². The standard InChI is InChI=1S/C13H24N2O/c1-2-12-5-3-4-10-15(12)13(16)11-6-8-14-9-7-11/h11-12,14H,2-10H2,1H3. The second-order valence-corrected chi connectivity index (χ2v) is 5.11. The van der Waals surface area contributed by atoms with Gasteiger partial charge in [-0.3, -0.25) is 4.79 Å². The summed E-state index contributed by atoms with van der Waals surface area (Å²) in [5, 5.41) is 3.33. The molecule has 0 radical (unpaired) electrons. The summed E-state index contributed by atoms with van der Waals surface area (Å²) in [7, 11) is 0. The van der Waals surface area contributed by atoms with Crippen molar-refractivity contribution in [3.63, 3.8) is 0 Å². The summed E-state index contributed by atoms with van der Waals surface area (Å²) in [5.41, 5.74) is 0. The predicted octanol–water partition coefficient (Wildman–Crippen LogP) is 1.78. The number of piperidine rings is 2. The molecule has 2 heterocycles. The molecule has 0 spiro atoms. The van der Waals surface area contributed by atoms with Crippen LogP contribution in [0.15, 0.2) is 0 Å². The van der Waals surface area contributed by atoms with Gasteiger partial charge in [-0.2, -0.15) is 0 Å². The van der Waals surface area contributed by atoms with Crippen molar-refractivity contribution in [3.05, 3.63) is 0 Å². The van der Waals surface area contributed by atoms with Gasteiger partial charge in [0.25, 0.3) is 0 Å². The summed E-state index contributed by atoms with van der Waals surface area (Å²) in [6.07, 6.45) is 6.91. The van der Waals surface area contributed by atoms with Gasteiger partial charge in [0, 0.05) is 18.5 Å². The lowest BCUT2D eigenvalue weighted by molar-refractivity contribution is -0.140. The molecule has 1 N–H and O–H groups in total. The molecule has 2 saturated heterocycles. The molecule has 1 unspecified atom stereocenters. The first kappa shape index (κ1) is 11.9. The van der Waals surface area contributed by atoms with Crippen molar-refractivity contribution in [2.45, 2.75) is 51.5 Å². The van der Waals surface area contributed by atoms with E-state index < -0.39 is 0 Å². The molecule has 92 valence electrons. The van der Waals surface area contributed by atoms with E-state index >= 15 is 0 Å². The molecular formula is C13H24N2O. The second-order valence-electron chi connectivity index (χ2n) is 5.11. The Labute approximate surface area is 98.6 Å². The molecule has 3 heteroatoms. The molecule has 2 fully saturated rings. The van der Waals surface area contributed by atoms with Gasteiger partial charge in [0.15, 0.2) is 0 Å². The molecule has 0 bridgehead atoms. The van der Waals surface area contributed by atoms with Crippen molar-refractivity contribution in [2.24, 2.45) is 5.92 Å². The molecule has 0 aromatic carbocycles. The highest BCUT2D eigenvalue weighted by molar-refractivity contribution is 5.79. The van der Waals surface area contributed by atoms with Crippen LogP contribution in [-0.2, 0) is 4.79 Å². The van der Waals surface area contributed by atoms with Crippen LogP contribution < -0.4 is 5.32 Å². The van der Waals surface area contributed by atoms with E-state index in [1.807, 2.05) is 0 Å². The fraction of sp³-hybridized carbons (Fsp3) is 0.923. The minimum Gasteiger partial charge on any atom is -0.339 e. The van der Waals surface area contributed by atoms with Crippen LogP contribution in [0.3, 0.4) is 0 Å². The molecule has 1 amide bonds. The Bertz CT molecular complexity index is 236. The number of hydrogen-bond acceptors (Lipinski definition) is 2. The molecule has 0 saturated carbocycles. The lowest BCUT2D eigenvalue weighted by Crippen LogP contribution is -2.48. The maximum absolute atomic E-state index is 12.4. The number of carbonyl (C=O) groups excluding carboxylic acids is 1. The molecule has 2 rings (SSSR count). The van der Waals surface area contributed by atoms with Gasteiger partial charge in [-0.05, 0) is 51.6 Å². The first-order valence-electron chi connectivity index (χ1n) is 6.84. The third kappa shape index (κ3) is 2.57. The molecule has 1 atom stereocenters. The first-order valence-corrected chi connectivity index (χ1v) is 6.84. The summed E-state index contributed by atoms with van der Waals surface area (Å²) in [6, 6.07) is 0.524. The van der Waals surface area contributed by atoms with E-state index in [4.69, 9.17) is 0 Å². The largest absolute Gasteiger partial charge is 0.339 e. The summed E-state index contributed by atoms with van der Waals surface area (Å²) >= 11 is 0. The van der Waals surface area contributed by atoms with Crippen LogP contribution in [0.25, 0.3) is 0 Å². The van der Waals surface area contributed by atoms with E-state index in [9.17, 15) is 4.79 Å². The van der Waals surface area contributed by atoms with Crippen molar-refractivity contribution in [3.8, 4) is 0 Å². The highest BCUT2D eigenvalue weighted by atomic mass is 16.2. The van der Waals surface area contributed by atoms with Crippen LogP contribution in [0.2, 0.25) is 0 Å². The van der Waals surface area contributed by atoms with E-state index in [-0.39, 0.29) is 0 Å². The number of carbonyl (C=O) groups is 1. The van der Waals surface area contributed by atoms with Crippen molar-refractivity contribution < 1.29 is 4.79 Å². The van der Waals surface area contributed by atoms with Crippen LogP contribution in [-0.4, -0.2) is 36.5 Å². The number of nitrogens with one attached hydrogen (secondary N) is 1. The van der Waals surface area contributed by atoms with Crippen molar-refractivity contribution in [1.82, 2.24) is 10.2 Å². The normalized spacial score (nSPS) is 28.1. The van der Waals surface area contributed by atoms with Crippen LogP contribution in [0, 0.1) is 5.92 Å². The highest BCUT2D eigenvalue weighted by Gasteiger charge is 2.30. The topological polar surface area (TPSA) is 32.3 Å². The fourth-order valence-electron chi connectivity index (χ4n) is 3.02. The van der Waals surface area contributed by atoms with E-state index in [0.717, 1.165) is 38.9 Å². The van der Waals surface area contributed by atoms with Crippen molar-refractivity contribution in [1.29, 1.82) is 0 Å². The molecule has 16 heavy (non-hydrogen) atoms. The van der Waals surface area contributed by atoms with Gasteiger partial charge in [-0.1, -0.05) is 6.92 Å². The number of likely N-dealkylation sites (tertiary alicyclic amines) is 1. The average molecular weight is 224 g/mol. The van der Waals surface area contributed by atoms with E-state index in [1.165, 1.54) is 19.3 Å². The Hall–Kier alpha value is -0.570. The van der Waals surface area contributed by atoms with E-state index in [1.54, 1.807) is 0 Å². The first-order chi connectivity index (χ1) is 7.83. The predicted molar refractivity (Wildman–Crippen MR) is 65.2 cm³/mol. The number of hydrogen-bond donors (Lipinski definition) is 1. The maximum Gasteiger partial charge on any atom is 0.226 e. The quantitative estimate of drug-likeness (QED) is 0.775. The number of amides is 1. The SMILES string of the molecule is CCC1CCCCN1C(=O)C1CCNCC1. The molecule has 2 aliphatic heterocycles. The molecule has 0 aliphatic carbocycles. The maximum atomic E-state index is 12.4. The smallest absolute Gasteiger partial charge is 0.226 e. The molecule has 3 nitrogen and oxygen atoms in total. The fourth-order valence-corrected chi connectivity index (χ4v) is 3.02. The van der Waals surface area contributed by atoms with Crippen molar-refractivity contribution >= 4 is 5.91 Å². The zero-order chi connectivity index (χ0) is 11.4. The molecular weight excluding hydrogens is 200 g/mol. The zero-order valence-corrected chi connectivity index (χ0v) is 10.4. The molecule has 0 aromatic rings. The summed E-state index contributed by atoms with van der Waals surface area (Å²) in [6.45, 7) is 5.24. The van der Waals surface area contributed by atoms with E-state index in [2.05, 4.69) is 17.1 Å². The molecule has 0 aromatic heterocycles. The third-order valence-corrected chi connectivity index (χ3v) is 4.07. The Morgan fingerprint density at radius 1 is 1.25 bits per heavy atom. The minimum atomic E-state index is 0.299. The van der Waals surface area contributed by atoms with Gasteiger partial charge in [0.1, 0.15) is 0 Å². The zero-order valence-electron chi connectivity index (χ0n) is 10.4. The van der Waals surface area contributed by atoms with Gasteiger partial charge in [0.2, 0.25) is 5.91 Å². The molecule has 2 aliphatic rings. The Morgan fingerprint density at radius 2 is 2.00 bits per heavy atom. The highest BCUT2D eigenvalue weighted by Crippen LogP contribution is 2.24. The lowest BCUT2D eigenvalue weighted by Gasteiger charge is -2.38. The minimum absolute atomic E-state index is 0.299. The van der Waals surface area contributed by atoms with Gasteiger partial charge in [-0.15, -0.1) is 0 Å². The second kappa shape index (κ2) is 5.67. The van der Waals surface area contributed by atoms with Crippen LogP contribution >= 0.6 is 0 Å². The van der Waals surface area contributed by atoms with Gasteiger partial charge >= 0.3 is 0 Å². The third-order valence-electron chi connectivity index (χ3n) is 4.07. The van der Waals surface area contributed by atoms with Crippen LogP contribution in [0.5, 0.6) is 0 Å². The average Bonchev–Trinajstić information content (AvgIpc) is 2.39. The van der Waals surface area contributed by atoms with Crippen LogP contribution in [0.1, 0.15) is 45.4 Å². The summed E-state index contributed by atoms with van der Waals surface area (Å²) in [5.74, 6) is 0.737. The lowest BCUT2D eigenvalue weighted by atomic mass is 9.93. The monoisotopic (exact) mass is 224 g/mol. The van der Waals surface area contributed by atoms with Gasteiger partial charge in [-0.25, -0.2) is 0 Å². The Kier molecular flexibility index (Phi) is 4.22. The van der Waals surface area contributed by atoms with E-state index in [0.29, 0.717) is 17.9 Å². The summed E-state index contributed by atoms with van der Waals surface area (Å²) < 4.78 is 0. The number of nitrogens with zero attached hydrogens (tertiary/aromatic N) is 1. The summed E-state index contributed by atoms with van der Waals surface area (Å²) in [4.78, 5) is 14.6. The van der Waals surface area contributed by atoms with Crippen molar-refractivity contribution in [2.75, 3.05) is 19.6 Å². The van der Waals surface area contributed by atoms with Gasteiger partial charge in [0.05, 0.1) is 0 Å². The van der Waals surface area contributed by atoms with Crippen LogP contribution in [0.4, 0.5) is 0 Å². The Morgan fingerprint density at radius 3 is 2.69 bits per heavy atom. The number of rotatable bonds is 2.